The second-order valence-electron chi connectivity index (χ2n) is 7.19. The molecule has 1 aliphatic carbocycles. The summed E-state index contributed by atoms with van der Waals surface area (Å²) in [5, 5.41) is 16.6. The quantitative estimate of drug-likeness (QED) is 0.720. The molecular formula is C18H28N2O3. The summed E-state index contributed by atoms with van der Waals surface area (Å²) in [7, 11) is 0. The highest BCUT2D eigenvalue weighted by Gasteiger charge is 2.27. The average Bonchev–Trinajstić information content (AvgIpc) is 3.27. The fourth-order valence-electron chi connectivity index (χ4n) is 2.33. The molecule has 5 nitrogen and oxygen atoms in total. The van der Waals surface area contributed by atoms with Crippen LogP contribution in [-0.2, 0) is 11.2 Å². The normalized spacial score (nSPS) is 17.4. The summed E-state index contributed by atoms with van der Waals surface area (Å²) >= 11 is 0. The van der Waals surface area contributed by atoms with Gasteiger partial charge >= 0.3 is 6.09 Å². The van der Waals surface area contributed by atoms with Gasteiger partial charge in [0, 0.05) is 12.6 Å². The monoisotopic (exact) mass is 320 g/mol. The van der Waals surface area contributed by atoms with Crippen LogP contribution in [0.2, 0.25) is 0 Å². The van der Waals surface area contributed by atoms with E-state index in [-0.39, 0.29) is 0 Å². The summed E-state index contributed by atoms with van der Waals surface area (Å²) in [6.07, 6.45) is 1.73. The van der Waals surface area contributed by atoms with Crippen LogP contribution in [0, 0.1) is 0 Å². The van der Waals surface area contributed by atoms with Gasteiger partial charge in [0.15, 0.2) is 0 Å². The van der Waals surface area contributed by atoms with Crippen LogP contribution in [0.25, 0.3) is 0 Å². The molecule has 5 heteroatoms. The first kappa shape index (κ1) is 17.8. The number of alkyl carbamates (subject to hydrolysis) is 1. The Morgan fingerprint density at radius 3 is 2.52 bits per heavy atom. The molecule has 0 spiro atoms. The lowest BCUT2D eigenvalue weighted by Crippen LogP contribution is -2.50. The van der Waals surface area contributed by atoms with Crippen molar-refractivity contribution in [3.05, 3.63) is 35.9 Å². The highest BCUT2D eigenvalue weighted by Crippen LogP contribution is 2.18. The van der Waals surface area contributed by atoms with Gasteiger partial charge in [0.05, 0.1) is 12.1 Å². The van der Waals surface area contributed by atoms with E-state index in [2.05, 4.69) is 10.6 Å². The molecule has 1 aromatic rings. The first-order valence-electron chi connectivity index (χ1n) is 8.28. The number of nitrogens with one attached hydrogen (secondary N) is 2. The van der Waals surface area contributed by atoms with Crippen LogP contribution in [0.4, 0.5) is 4.79 Å². The van der Waals surface area contributed by atoms with Crippen LogP contribution in [0.1, 0.15) is 39.2 Å². The van der Waals surface area contributed by atoms with Gasteiger partial charge < -0.3 is 20.5 Å². The Balaban J connectivity index is 1.95. The Bertz CT molecular complexity index is 495. The van der Waals surface area contributed by atoms with Crippen molar-refractivity contribution in [3.63, 3.8) is 0 Å². The van der Waals surface area contributed by atoms with Crippen molar-refractivity contribution < 1.29 is 14.6 Å². The Hall–Kier alpha value is -1.59. The van der Waals surface area contributed by atoms with Crippen LogP contribution in [-0.4, -0.2) is 41.5 Å². The molecule has 0 aliphatic heterocycles. The molecule has 0 heterocycles. The molecule has 0 saturated heterocycles. The SMILES string of the molecule is CC(C)(C)OC(=O)N[C@@H](Cc1ccccc1)[C@H](O)CNC1CC1. The third-order valence-electron chi connectivity index (χ3n) is 3.66. The molecule has 0 unspecified atom stereocenters. The van der Waals surface area contributed by atoms with E-state index < -0.39 is 23.8 Å². The van der Waals surface area contributed by atoms with Crippen molar-refractivity contribution in [2.24, 2.45) is 0 Å². The zero-order chi connectivity index (χ0) is 16.9. The van der Waals surface area contributed by atoms with Gasteiger partial charge in [0.25, 0.3) is 0 Å². The number of carbonyl (C=O) groups excluding carboxylic acids is 1. The van der Waals surface area contributed by atoms with Crippen LogP contribution >= 0.6 is 0 Å². The van der Waals surface area contributed by atoms with Gasteiger partial charge in [-0.2, -0.15) is 0 Å². The van der Waals surface area contributed by atoms with Gasteiger partial charge in [-0.1, -0.05) is 30.3 Å². The molecule has 0 bridgehead atoms. The van der Waals surface area contributed by atoms with Gasteiger partial charge in [-0.25, -0.2) is 4.79 Å². The van der Waals surface area contributed by atoms with Crippen LogP contribution < -0.4 is 10.6 Å². The minimum absolute atomic E-state index is 0.390. The highest BCUT2D eigenvalue weighted by atomic mass is 16.6. The first-order valence-corrected chi connectivity index (χ1v) is 8.28. The minimum Gasteiger partial charge on any atom is -0.444 e. The second-order valence-corrected chi connectivity index (χ2v) is 7.19. The molecule has 1 saturated carbocycles. The molecule has 1 fully saturated rings. The molecule has 0 aromatic heterocycles. The lowest BCUT2D eigenvalue weighted by Gasteiger charge is -2.27. The van der Waals surface area contributed by atoms with Gasteiger partial charge in [-0.3, -0.25) is 0 Å². The number of ether oxygens (including phenoxy) is 1. The number of carbonyl (C=O) groups is 1. The van der Waals surface area contributed by atoms with Crippen molar-refractivity contribution in [1.82, 2.24) is 10.6 Å². The fraction of sp³-hybridized carbons (Fsp3) is 0.611. The number of aliphatic hydroxyl groups excluding tert-OH is 1. The third kappa shape index (κ3) is 7.01. The number of hydrogen-bond acceptors (Lipinski definition) is 4. The molecule has 1 amide bonds. The van der Waals surface area contributed by atoms with Crippen LogP contribution in [0.15, 0.2) is 30.3 Å². The van der Waals surface area contributed by atoms with Gasteiger partial charge in [-0.05, 0) is 45.6 Å². The lowest BCUT2D eigenvalue weighted by atomic mass is 10.0. The number of hydrogen-bond donors (Lipinski definition) is 3. The standard InChI is InChI=1S/C18H28N2O3/c1-18(2,3)23-17(22)20-15(11-13-7-5-4-6-8-13)16(21)12-19-14-9-10-14/h4-8,14-16,19,21H,9-12H2,1-3H3,(H,20,22)/t15-,16+/m0/s1. The van der Waals surface area contributed by atoms with Crippen molar-refractivity contribution in [2.45, 2.75) is 63.8 Å². The van der Waals surface area contributed by atoms with E-state index in [1.807, 2.05) is 51.1 Å². The average molecular weight is 320 g/mol. The highest BCUT2D eigenvalue weighted by molar-refractivity contribution is 5.68. The van der Waals surface area contributed by atoms with E-state index in [9.17, 15) is 9.90 Å². The van der Waals surface area contributed by atoms with E-state index in [4.69, 9.17) is 4.74 Å². The van der Waals surface area contributed by atoms with Crippen molar-refractivity contribution in [3.8, 4) is 0 Å². The molecule has 1 aliphatic rings. The molecule has 2 rings (SSSR count). The van der Waals surface area contributed by atoms with E-state index in [1.54, 1.807) is 0 Å². The Morgan fingerprint density at radius 1 is 1.30 bits per heavy atom. The fourth-order valence-corrected chi connectivity index (χ4v) is 2.33. The Kier molecular flexibility index (Phi) is 6.02. The van der Waals surface area contributed by atoms with Gasteiger partial charge in [0.2, 0.25) is 0 Å². The van der Waals surface area contributed by atoms with E-state index in [1.165, 1.54) is 0 Å². The number of aliphatic hydroxyl groups is 1. The predicted molar refractivity (Wildman–Crippen MR) is 90.3 cm³/mol. The lowest BCUT2D eigenvalue weighted by molar-refractivity contribution is 0.0422. The molecule has 0 radical (unpaired) electrons. The topological polar surface area (TPSA) is 70.6 Å². The van der Waals surface area contributed by atoms with Crippen LogP contribution in [0.3, 0.4) is 0 Å². The van der Waals surface area contributed by atoms with Crippen molar-refractivity contribution in [1.29, 1.82) is 0 Å². The Labute approximate surface area is 138 Å². The second kappa shape index (κ2) is 7.79. The molecule has 128 valence electrons. The van der Waals surface area contributed by atoms with Gasteiger partial charge in [0.1, 0.15) is 5.60 Å². The van der Waals surface area contributed by atoms with Crippen LogP contribution in [0.5, 0.6) is 0 Å². The summed E-state index contributed by atoms with van der Waals surface area (Å²) < 4.78 is 5.31. The number of rotatable bonds is 7. The molecule has 3 N–H and O–H groups in total. The van der Waals surface area contributed by atoms with Crippen molar-refractivity contribution in [2.75, 3.05) is 6.54 Å². The maximum atomic E-state index is 12.0. The van der Waals surface area contributed by atoms with E-state index in [0.717, 1.165) is 18.4 Å². The smallest absolute Gasteiger partial charge is 0.407 e. The molecule has 1 aromatic carbocycles. The Morgan fingerprint density at radius 2 is 1.96 bits per heavy atom. The maximum Gasteiger partial charge on any atom is 0.407 e. The summed E-state index contributed by atoms with van der Waals surface area (Å²) in [5.41, 5.74) is 0.512. The zero-order valence-electron chi connectivity index (χ0n) is 14.2. The summed E-state index contributed by atoms with van der Waals surface area (Å²) in [6.45, 7) is 5.94. The first-order chi connectivity index (χ1) is 10.8. The van der Waals surface area contributed by atoms with E-state index >= 15 is 0 Å². The zero-order valence-corrected chi connectivity index (χ0v) is 14.2. The van der Waals surface area contributed by atoms with Gasteiger partial charge in [-0.15, -0.1) is 0 Å². The molecule has 2 atom stereocenters. The minimum atomic E-state index is -0.664. The number of amides is 1. The molecular weight excluding hydrogens is 292 g/mol. The summed E-state index contributed by atoms with van der Waals surface area (Å²) in [4.78, 5) is 12.0. The third-order valence-corrected chi connectivity index (χ3v) is 3.66. The molecule has 23 heavy (non-hydrogen) atoms. The summed E-state index contributed by atoms with van der Waals surface area (Å²) in [5.74, 6) is 0. The number of benzene rings is 1. The summed E-state index contributed by atoms with van der Waals surface area (Å²) in [6, 6.07) is 9.96. The van der Waals surface area contributed by atoms with E-state index in [0.29, 0.717) is 19.0 Å². The van der Waals surface area contributed by atoms with Crippen molar-refractivity contribution >= 4 is 6.09 Å². The maximum absolute atomic E-state index is 12.0. The predicted octanol–water partition coefficient (Wildman–Crippen LogP) is 2.24. The largest absolute Gasteiger partial charge is 0.444 e.